The van der Waals surface area contributed by atoms with Crippen LogP contribution in [0.5, 0.6) is 0 Å². The van der Waals surface area contributed by atoms with Crippen LogP contribution in [-0.2, 0) is 0 Å². The van der Waals surface area contributed by atoms with E-state index in [1.165, 1.54) is 0 Å². The van der Waals surface area contributed by atoms with Crippen LogP contribution in [0.25, 0.3) is 10.9 Å². The van der Waals surface area contributed by atoms with E-state index in [1.54, 1.807) is 6.20 Å². The van der Waals surface area contributed by atoms with Gasteiger partial charge in [-0.1, -0.05) is 18.2 Å². The maximum atomic E-state index is 6.25. The molecule has 18 heavy (non-hydrogen) atoms. The van der Waals surface area contributed by atoms with Crippen molar-refractivity contribution in [3.8, 4) is 0 Å². The lowest BCUT2D eigenvalue weighted by molar-refractivity contribution is 0.471. The highest BCUT2D eigenvalue weighted by Crippen LogP contribution is 2.28. The molecule has 1 aromatic carbocycles. The summed E-state index contributed by atoms with van der Waals surface area (Å²) in [6.45, 7) is 0. The van der Waals surface area contributed by atoms with Crippen LogP contribution in [0.3, 0.4) is 0 Å². The van der Waals surface area contributed by atoms with Gasteiger partial charge in [-0.05, 0) is 45.8 Å². The third-order valence-electron chi connectivity index (χ3n) is 2.91. The van der Waals surface area contributed by atoms with Crippen molar-refractivity contribution >= 4 is 26.8 Å². The molecule has 0 bridgehead atoms. The first-order valence-corrected chi connectivity index (χ1v) is 6.39. The Morgan fingerprint density at radius 1 is 1.11 bits per heavy atom. The molecule has 4 heteroatoms. The molecule has 1 unspecified atom stereocenters. The van der Waals surface area contributed by atoms with Gasteiger partial charge in [-0.2, -0.15) is 0 Å². The summed E-state index contributed by atoms with van der Waals surface area (Å²) in [6.07, 6.45) is 1.78. The molecule has 1 atom stereocenters. The van der Waals surface area contributed by atoms with E-state index >= 15 is 0 Å². The Morgan fingerprint density at radius 3 is 2.78 bits per heavy atom. The predicted molar refractivity (Wildman–Crippen MR) is 74.2 cm³/mol. The second kappa shape index (κ2) is 4.55. The quantitative estimate of drug-likeness (QED) is 0.786. The molecule has 0 aliphatic rings. The monoisotopic (exact) mass is 302 g/mol. The smallest absolute Gasteiger partial charge is 0.169 e. The van der Waals surface area contributed by atoms with E-state index in [1.807, 2.05) is 42.5 Å². The van der Waals surface area contributed by atoms with Gasteiger partial charge in [-0.25, -0.2) is 0 Å². The number of halogens is 1. The third-order valence-corrected chi connectivity index (χ3v) is 3.34. The Labute approximate surface area is 113 Å². The summed E-state index contributed by atoms with van der Waals surface area (Å²) in [5, 5.41) is 1.06. The molecule has 0 saturated heterocycles. The lowest BCUT2D eigenvalue weighted by Gasteiger charge is -2.11. The molecular weight excluding hydrogens is 292 g/mol. The maximum Gasteiger partial charge on any atom is 0.169 e. The van der Waals surface area contributed by atoms with Gasteiger partial charge in [-0.3, -0.25) is 4.98 Å². The fraction of sp³-hybridized carbons (Fsp3) is 0.0714. The van der Waals surface area contributed by atoms with E-state index in [4.69, 9.17) is 10.2 Å². The molecule has 0 spiro atoms. The lowest BCUT2D eigenvalue weighted by Crippen LogP contribution is -2.11. The summed E-state index contributed by atoms with van der Waals surface area (Å²) in [6, 6.07) is 13.3. The Kier molecular flexibility index (Phi) is 2.89. The number of hydrogen-bond donors (Lipinski definition) is 1. The maximum absolute atomic E-state index is 6.25. The summed E-state index contributed by atoms with van der Waals surface area (Å²) >= 11 is 3.29. The molecule has 0 fully saturated rings. The Balaban J connectivity index is 2.14. The van der Waals surface area contributed by atoms with Crippen LogP contribution in [-0.4, -0.2) is 4.98 Å². The minimum atomic E-state index is -0.288. The van der Waals surface area contributed by atoms with E-state index in [-0.39, 0.29) is 6.04 Å². The van der Waals surface area contributed by atoms with Gasteiger partial charge in [0.1, 0.15) is 5.76 Å². The van der Waals surface area contributed by atoms with Crippen LogP contribution in [0.4, 0.5) is 0 Å². The van der Waals surface area contributed by atoms with E-state index < -0.39 is 0 Å². The summed E-state index contributed by atoms with van der Waals surface area (Å²) in [5.41, 5.74) is 8.21. The lowest BCUT2D eigenvalue weighted by atomic mass is 10.0. The van der Waals surface area contributed by atoms with Crippen molar-refractivity contribution in [2.75, 3.05) is 0 Å². The van der Waals surface area contributed by atoms with E-state index in [9.17, 15) is 0 Å². The Morgan fingerprint density at radius 2 is 2.00 bits per heavy atom. The van der Waals surface area contributed by atoms with Crippen molar-refractivity contribution in [1.82, 2.24) is 4.98 Å². The number of pyridine rings is 1. The SMILES string of the molecule is NC(c1ccc(Br)o1)c1cccc2ncccc12. The molecule has 0 radical (unpaired) electrons. The number of nitrogens with two attached hydrogens (primary N) is 1. The first-order chi connectivity index (χ1) is 8.75. The molecule has 0 aliphatic carbocycles. The van der Waals surface area contributed by atoms with Crippen molar-refractivity contribution in [2.24, 2.45) is 5.73 Å². The number of rotatable bonds is 2. The molecule has 2 aromatic heterocycles. The minimum absolute atomic E-state index is 0.288. The van der Waals surface area contributed by atoms with Crippen LogP contribution in [0.15, 0.2) is 57.7 Å². The Bertz CT molecular complexity index is 688. The number of nitrogens with zero attached hydrogens (tertiary/aromatic N) is 1. The van der Waals surface area contributed by atoms with Crippen LogP contribution in [0.2, 0.25) is 0 Å². The highest BCUT2D eigenvalue weighted by Gasteiger charge is 2.15. The Hall–Kier alpha value is -1.65. The first kappa shape index (κ1) is 11.4. The molecule has 3 nitrogen and oxygen atoms in total. The zero-order valence-corrected chi connectivity index (χ0v) is 11.1. The zero-order valence-electron chi connectivity index (χ0n) is 9.51. The fourth-order valence-electron chi connectivity index (χ4n) is 2.05. The predicted octanol–water partition coefficient (Wildman–Crippen LogP) is 3.64. The molecule has 0 amide bonds. The average Bonchev–Trinajstić information content (AvgIpc) is 2.84. The van der Waals surface area contributed by atoms with E-state index in [0.717, 1.165) is 22.2 Å². The molecule has 0 aliphatic heterocycles. The van der Waals surface area contributed by atoms with Gasteiger partial charge in [-0.15, -0.1) is 0 Å². The average molecular weight is 303 g/mol. The number of aromatic nitrogens is 1. The number of hydrogen-bond acceptors (Lipinski definition) is 3. The second-order valence-electron chi connectivity index (χ2n) is 4.04. The van der Waals surface area contributed by atoms with Gasteiger partial charge in [0.25, 0.3) is 0 Å². The normalized spacial score (nSPS) is 12.8. The summed E-state index contributed by atoms with van der Waals surface area (Å²) in [4.78, 5) is 4.33. The molecule has 0 saturated carbocycles. The first-order valence-electron chi connectivity index (χ1n) is 5.60. The van der Waals surface area contributed by atoms with Gasteiger partial charge >= 0.3 is 0 Å². The van der Waals surface area contributed by atoms with Gasteiger partial charge in [0.15, 0.2) is 4.67 Å². The third kappa shape index (κ3) is 1.94. The van der Waals surface area contributed by atoms with Crippen molar-refractivity contribution in [1.29, 1.82) is 0 Å². The van der Waals surface area contributed by atoms with Crippen LogP contribution in [0.1, 0.15) is 17.4 Å². The number of benzene rings is 1. The molecule has 2 heterocycles. The summed E-state index contributed by atoms with van der Waals surface area (Å²) in [7, 11) is 0. The van der Waals surface area contributed by atoms with Crippen molar-refractivity contribution in [3.05, 3.63) is 64.7 Å². The van der Waals surface area contributed by atoms with Crippen LogP contribution in [0, 0.1) is 0 Å². The zero-order chi connectivity index (χ0) is 12.5. The van der Waals surface area contributed by atoms with Crippen molar-refractivity contribution in [2.45, 2.75) is 6.04 Å². The van der Waals surface area contributed by atoms with E-state index in [0.29, 0.717) is 4.67 Å². The summed E-state index contributed by atoms with van der Waals surface area (Å²) < 4.78 is 6.21. The minimum Gasteiger partial charge on any atom is -0.452 e. The molecule has 3 rings (SSSR count). The van der Waals surface area contributed by atoms with Gasteiger partial charge in [0.2, 0.25) is 0 Å². The molecular formula is C14H11BrN2O. The van der Waals surface area contributed by atoms with Crippen LogP contribution < -0.4 is 5.73 Å². The van der Waals surface area contributed by atoms with E-state index in [2.05, 4.69) is 20.9 Å². The van der Waals surface area contributed by atoms with Gasteiger partial charge < -0.3 is 10.2 Å². The fourth-order valence-corrected chi connectivity index (χ4v) is 2.37. The van der Waals surface area contributed by atoms with Gasteiger partial charge in [0, 0.05) is 11.6 Å². The highest BCUT2D eigenvalue weighted by atomic mass is 79.9. The number of furan rings is 1. The van der Waals surface area contributed by atoms with Crippen molar-refractivity contribution in [3.63, 3.8) is 0 Å². The topological polar surface area (TPSA) is 52.0 Å². The number of fused-ring (bicyclic) bond motifs is 1. The molecule has 2 N–H and O–H groups in total. The highest BCUT2D eigenvalue weighted by molar-refractivity contribution is 9.10. The summed E-state index contributed by atoms with van der Waals surface area (Å²) in [5.74, 6) is 0.734. The second-order valence-corrected chi connectivity index (χ2v) is 4.82. The van der Waals surface area contributed by atoms with Gasteiger partial charge in [0.05, 0.1) is 11.6 Å². The van der Waals surface area contributed by atoms with Crippen molar-refractivity contribution < 1.29 is 4.42 Å². The standard InChI is InChI=1S/C14H11BrN2O/c15-13-7-6-12(18-13)14(16)10-3-1-5-11-9(10)4-2-8-17-11/h1-8,14H,16H2. The van der Waals surface area contributed by atoms with Crippen LogP contribution >= 0.6 is 15.9 Å². The molecule has 90 valence electrons. The molecule has 3 aromatic rings. The largest absolute Gasteiger partial charge is 0.452 e.